The van der Waals surface area contributed by atoms with Crippen molar-refractivity contribution in [3.8, 4) is 0 Å². The number of nitrogens with one attached hydrogen (secondary N) is 1. The van der Waals surface area contributed by atoms with Crippen LogP contribution in [0.25, 0.3) is 0 Å². The Labute approximate surface area is 126 Å². The molecule has 1 heterocycles. The molecule has 0 spiro atoms. The van der Waals surface area contributed by atoms with Gasteiger partial charge in [-0.05, 0) is 24.8 Å². The van der Waals surface area contributed by atoms with Gasteiger partial charge in [-0.2, -0.15) is 0 Å². The highest BCUT2D eigenvalue weighted by Crippen LogP contribution is 2.19. The zero-order valence-corrected chi connectivity index (χ0v) is 12.9. The van der Waals surface area contributed by atoms with Gasteiger partial charge in [0.1, 0.15) is 6.61 Å². The Morgan fingerprint density at radius 1 is 1.43 bits per heavy atom. The van der Waals surface area contributed by atoms with Gasteiger partial charge < -0.3 is 14.8 Å². The zero-order chi connectivity index (χ0) is 15.1. The predicted octanol–water partition coefficient (Wildman–Crippen LogP) is 2.38. The maximum Gasteiger partial charge on any atom is 0.310 e. The van der Waals surface area contributed by atoms with Gasteiger partial charge in [-0.25, -0.2) is 0 Å². The van der Waals surface area contributed by atoms with Gasteiger partial charge in [0.2, 0.25) is 0 Å². The average Bonchev–Trinajstić information content (AvgIpc) is 2.91. The summed E-state index contributed by atoms with van der Waals surface area (Å²) >= 11 is 0. The first-order chi connectivity index (χ1) is 10.2. The maximum absolute atomic E-state index is 11.9. The third-order valence-corrected chi connectivity index (χ3v) is 4.02. The van der Waals surface area contributed by atoms with E-state index in [2.05, 4.69) is 12.2 Å². The summed E-state index contributed by atoms with van der Waals surface area (Å²) in [6.45, 7) is 6.75. The van der Waals surface area contributed by atoms with Crippen molar-refractivity contribution in [1.82, 2.24) is 5.32 Å². The lowest BCUT2D eigenvalue weighted by Gasteiger charge is -2.17. The van der Waals surface area contributed by atoms with Gasteiger partial charge in [-0.1, -0.05) is 37.3 Å². The molecule has 21 heavy (non-hydrogen) atoms. The zero-order valence-electron chi connectivity index (χ0n) is 12.9. The molecule has 1 aromatic carbocycles. The second kappa shape index (κ2) is 8.15. The summed E-state index contributed by atoms with van der Waals surface area (Å²) in [4.78, 5) is 11.9. The lowest BCUT2D eigenvalue weighted by Crippen LogP contribution is -2.33. The van der Waals surface area contributed by atoms with E-state index in [4.69, 9.17) is 9.47 Å². The van der Waals surface area contributed by atoms with E-state index in [0.29, 0.717) is 25.2 Å². The number of carbonyl (C=O) groups is 1. The van der Waals surface area contributed by atoms with Crippen LogP contribution in [0.4, 0.5) is 0 Å². The number of ether oxygens (including phenoxy) is 2. The summed E-state index contributed by atoms with van der Waals surface area (Å²) in [5.74, 6) is 0.269. The van der Waals surface area contributed by atoms with Gasteiger partial charge in [0.25, 0.3) is 0 Å². The van der Waals surface area contributed by atoms with E-state index < -0.39 is 0 Å². The van der Waals surface area contributed by atoms with Crippen LogP contribution < -0.4 is 5.32 Å². The van der Waals surface area contributed by atoms with Crippen LogP contribution in [-0.2, 0) is 20.9 Å². The van der Waals surface area contributed by atoms with E-state index in [1.165, 1.54) is 0 Å². The molecule has 1 saturated heterocycles. The number of carbonyl (C=O) groups excluding carboxylic acids is 1. The fourth-order valence-electron chi connectivity index (χ4n) is 2.48. The molecule has 3 atom stereocenters. The second-order valence-electron chi connectivity index (χ2n) is 5.78. The Hall–Kier alpha value is -1.39. The van der Waals surface area contributed by atoms with E-state index in [0.717, 1.165) is 25.1 Å². The smallest absolute Gasteiger partial charge is 0.310 e. The molecule has 0 aliphatic carbocycles. The molecule has 1 aromatic rings. The SMILES string of the molecule is CC(CNCC1CCOC1C)C(=O)OCc1ccccc1. The van der Waals surface area contributed by atoms with Gasteiger partial charge in [0, 0.05) is 19.7 Å². The fraction of sp³-hybridized carbons (Fsp3) is 0.588. The number of hydrogen-bond acceptors (Lipinski definition) is 4. The van der Waals surface area contributed by atoms with E-state index in [-0.39, 0.29) is 11.9 Å². The fourth-order valence-corrected chi connectivity index (χ4v) is 2.48. The molecule has 1 fully saturated rings. The van der Waals surface area contributed by atoms with Crippen LogP contribution in [0.15, 0.2) is 30.3 Å². The lowest BCUT2D eigenvalue weighted by molar-refractivity contribution is -0.149. The summed E-state index contributed by atoms with van der Waals surface area (Å²) in [7, 11) is 0. The van der Waals surface area contributed by atoms with Crippen LogP contribution in [-0.4, -0.2) is 31.8 Å². The molecule has 2 rings (SSSR count). The Morgan fingerprint density at radius 2 is 2.19 bits per heavy atom. The minimum absolute atomic E-state index is 0.133. The molecule has 1 N–H and O–H groups in total. The third-order valence-electron chi connectivity index (χ3n) is 4.02. The van der Waals surface area contributed by atoms with Gasteiger partial charge in [-0.15, -0.1) is 0 Å². The molecule has 0 amide bonds. The molecule has 0 radical (unpaired) electrons. The Bertz CT molecular complexity index is 435. The van der Waals surface area contributed by atoms with Crippen molar-refractivity contribution in [2.45, 2.75) is 33.0 Å². The summed E-state index contributed by atoms with van der Waals surface area (Å²) in [6.07, 6.45) is 1.42. The maximum atomic E-state index is 11.9. The molecular formula is C17H25NO3. The van der Waals surface area contributed by atoms with Crippen LogP contribution in [0.1, 0.15) is 25.8 Å². The van der Waals surface area contributed by atoms with E-state index in [9.17, 15) is 4.79 Å². The highest BCUT2D eigenvalue weighted by molar-refractivity contribution is 5.72. The summed E-state index contributed by atoms with van der Waals surface area (Å²) < 4.78 is 10.9. The molecule has 3 unspecified atom stereocenters. The van der Waals surface area contributed by atoms with Crippen LogP contribution in [0.3, 0.4) is 0 Å². The molecule has 4 nitrogen and oxygen atoms in total. The topological polar surface area (TPSA) is 47.6 Å². The third kappa shape index (κ3) is 5.14. The molecule has 1 aliphatic heterocycles. The van der Waals surface area contributed by atoms with Crippen molar-refractivity contribution >= 4 is 5.97 Å². The highest BCUT2D eigenvalue weighted by Gasteiger charge is 2.24. The minimum Gasteiger partial charge on any atom is -0.461 e. The Balaban J connectivity index is 1.63. The Kier molecular flexibility index (Phi) is 6.21. The first-order valence-corrected chi connectivity index (χ1v) is 7.69. The minimum atomic E-state index is -0.151. The number of esters is 1. The van der Waals surface area contributed by atoms with Gasteiger partial charge in [-0.3, -0.25) is 4.79 Å². The standard InChI is InChI=1S/C17H25NO3/c1-13(10-18-11-16-8-9-20-14(16)2)17(19)21-12-15-6-4-3-5-7-15/h3-7,13-14,16,18H,8-12H2,1-2H3. The van der Waals surface area contributed by atoms with Crippen LogP contribution >= 0.6 is 0 Å². The van der Waals surface area contributed by atoms with Gasteiger partial charge in [0.15, 0.2) is 0 Å². The molecule has 0 aromatic heterocycles. The van der Waals surface area contributed by atoms with Crippen molar-refractivity contribution in [3.05, 3.63) is 35.9 Å². The van der Waals surface area contributed by atoms with Crippen molar-refractivity contribution in [3.63, 3.8) is 0 Å². The van der Waals surface area contributed by atoms with Crippen molar-refractivity contribution in [1.29, 1.82) is 0 Å². The van der Waals surface area contributed by atoms with Gasteiger partial charge in [0.05, 0.1) is 12.0 Å². The van der Waals surface area contributed by atoms with Crippen molar-refractivity contribution in [2.24, 2.45) is 11.8 Å². The molecule has 0 bridgehead atoms. The van der Waals surface area contributed by atoms with Crippen LogP contribution in [0.5, 0.6) is 0 Å². The largest absolute Gasteiger partial charge is 0.461 e. The first-order valence-electron chi connectivity index (χ1n) is 7.69. The van der Waals surface area contributed by atoms with Gasteiger partial charge >= 0.3 is 5.97 Å². The van der Waals surface area contributed by atoms with Crippen LogP contribution in [0.2, 0.25) is 0 Å². The predicted molar refractivity (Wildman–Crippen MR) is 81.8 cm³/mol. The average molecular weight is 291 g/mol. The van der Waals surface area contributed by atoms with E-state index >= 15 is 0 Å². The normalized spacial score (nSPS) is 23.0. The number of benzene rings is 1. The monoisotopic (exact) mass is 291 g/mol. The van der Waals surface area contributed by atoms with Crippen molar-refractivity contribution < 1.29 is 14.3 Å². The first kappa shape index (κ1) is 16.0. The number of hydrogen-bond donors (Lipinski definition) is 1. The van der Waals surface area contributed by atoms with Crippen LogP contribution in [0, 0.1) is 11.8 Å². The van der Waals surface area contributed by atoms with E-state index in [1.54, 1.807) is 0 Å². The summed E-state index contributed by atoms with van der Waals surface area (Å²) in [5, 5.41) is 3.36. The number of rotatable bonds is 7. The lowest BCUT2D eigenvalue weighted by atomic mass is 10.0. The highest BCUT2D eigenvalue weighted by atomic mass is 16.5. The molecule has 1 aliphatic rings. The molecule has 116 valence electrons. The summed E-state index contributed by atoms with van der Waals surface area (Å²) in [5.41, 5.74) is 1.02. The van der Waals surface area contributed by atoms with Crippen molar-refractivity contribution in [2.75, 3.05) is 19.7 Å². The molecule has 4 heteroatoms. The molecular weight excluding hydrogens is 266 g/mol. The quantitative estimate of drug-likeness (QED) is 0.784. The molecule has 0 saturated carbocycles. The van der Waals surface area contributed by atoms with E-state index in [1.807, 2.05) is 37.3 Å². The Morgan fingerprint density at radius 3 is 2.86 bits per heavy atom. The second-order valence-corrected chi connectivity index (χ2v) is 5.78. The summed E-state index contributed by atoms with van der Waals surface area (Å²) in [6, 6.07) is 9.75.